The number of benzene rings is 2. The number of hydrogen-bond donors (Lipinski definition) is 1. The smallest absolute Gasteiger partial charge is 0.307 e. The molecule has 0 bridgehead atoms. The Morgan fingerprint density at radius 2 is 2.05 bits per heavy atom. The Labute approximate surface area is 133 Å². The van der Waals surface area contributed by atoms with Crippen LogP contribution in [-0.4, -0.2) is 18.2 Å². The molecular weight excluding hydrogens is 302 g/mol. The summed E-state index contributed by atoms with van der Waals surface area (Å²) in [7, 11) is 1.53. The molecule has 0 aliphatic carbocycles. The predicted octanol–water partition coefficient (Wildman–Crippen LogP) is 3.63. The number of carbonyl (C=O) groups is 1. The highest BCUT2D eigenvalue weighted by molar-refractivity contribution is 6.30. The Bertz CT molecular complexity index is 737. The van der Waals surface area contributed by atoms with Gasteiger partial charge in [-0.2, -0.15) is 5.26 Å². The van der Waals surface area contributed by atoms with Gasteiger partial charge in [0.2, 0.25) is 0 Å². The molecule has 0 aliphatic rings. The molecular formula is C17H14ClNO3. The molecule has 0 amide bonds. The first-order valence-electron chi connectivity index (χ1n) is 6.59. The number of carboxylic acid groups (broad SMARTS) is 1. The van der Waals surface area contributed by atoms with Crippen LogP contribution in [0.25, 0.3) is 0 Å². The average Bonchev–Trinajstić information content (AvgIpc) is 2.50. The number of aliphatic carboxylic acids is 1. The molecule has 2 aromatic rings. The zero-order valence-electron chi connectivity index (χ0n) is 11.9. The summed E-state index contributed by atoms with van der Waals surface area (Å²) in [6, 6.07) is 14.3. The Hall–Kier alpha value is -2.51. The molecule has 1 N–H and O–H groups in total. The van der Waals surface area contributed by atoms with Gasteiger partial charge in [-0.25, -0.2) is 0 Å². The van der Waals surface area contributed by atoms with Gasteiger partial charge in [-0.1, -0.05) is 35.9 Å². The van der Waals surface area contributed by atoms with E-state index < -0.39 is 11.9 Å². The molecule has 0 saturated heterocycles. The second-order valence-electron chi connectivity index (χ2n) is 4.72. The van der Waals surface area contributed by atoms with Crippen LogP contribution < -0.4 is 4.74 Å². The van der Waals surface area contributed by atoms with Gasteiger partial charge >= 0.3 is 5.97 Å². The van der Waals surface area contributed by atoms with Crippen LogP contribution in [0.3, 0.4) is 0 Å². The standard InChI is InChI=1S/C17H14ClNO3/c1-22-16-5-3-2-4-13(16)15(10-19)14-9-12(18)7-6-11(14)8-17(20)21/h2-7,9,15H,8H2,1H3,(H,20,21). The molecule has 0 aliphatic heterocycles. The van der Waals surface area contributed by atoms with Crippen LogP contribution in [0, 0.1) is 11.3 Å². The number of nitriles is 1. The van der Waals surface area contributed by atoms with Gasteiger partial charge in [0.1, 0.15) is 11.7 Å². The first kappa shape index (κ1) is 15.9. The summed E-state index contributed by atoms with van der Waals surface area (Å²) in [4.78, 5) is 11.0. The summed E-state index contributed by atoms with van der Waals surface area (Å²) in [6.45, 7) is 0. The highest BCUT2D eigenvalue weighted by Crippen LogP contribution is 2.34. The van der Waals surface area contributed by atoms with Crippen LogP contribution in [0.2, 0.25) is 5.02 Å². The van der Waals surface area contributed by atoms with E-state index in [1.807, 2.05) is 12.1 Å². The minimum Gasteiger partial charge on any atom is -0.496 e. The second kappa shape index (κ2) is 6.97. The molecule has 0 spiro atoms. The van der Waals surface area contributed by atoms with E-state index in [0.29, 0.717) is 27.5 Å². The van der Waals surface area contributed by atoms with E-state index >= 15 is 0 Å². The summed E-state index contributed by atoms with van der Waals surface area (Å²) in [5.41, 5.74) is 1.83. The molecule has 0 fully saturated rings. The molecule has 5 heteroatoms. The van der Waals surface area contributed by atoms with E-state index in [1.165, 1.54) is 7.11 Å². The normalized spacial score (nSPS) is 11.5. The number of methoxy groups -OCH3 is 1. The minimum atomic E-state index is -0.958. The lowest BCUT2D eigenvalue weighted by molar-refractivity contribution is -0.136. The monoisotopic (exact) mass is 315 g/mol. The first-order chi connectivity index (χ1) is 10.6. The van der Waals surface area contributed by atoms with Crippen molar-refractivity contribution in [1.82, 2.24) is 0 Å². The maximum Gasteiger partial charge on any atom is 0.307 e. The van der Waals surface area contributed by atoms with Gasteiger partial charge in [-0.15, -0.1) is 0 Å². The van der Waals surface area contributed by atoms with E-state index in [0.717, 1.165) is 0 Å². The quantitative estimate of drug-likeness (QED) is 0.914. The largest absolute Gasteiger partial charge is 0.496 e. The van der Waals surface area contributed by atoms with Gasteiger partial charge in [-0.3, -0.25) is 4.79 Å². The molecule has 0 radical (unpaired) electrons. The van der Waals surface area contributed by atoms with Crippen molar-refractivity contribution in [3.63, 3.8) is 0 Å². The summed E-state index contributed by atoms with van der Waals surface area (Å²) < 4.78 is 5.30. The van der Waals surface area contributed by atoms with Crippen LogP contribution in [0.15, 0.2) is 42.5 Å². The molecule has 1 unspecified atom stereocenters. The molecule has 112 valence electrons. The van der Waals surface area contributed by atoms with Gasteiger partial charge < -0.3 is 9.84 Å². The number of hydrogen-bond acceptors (Lipinski definition) is 3. The van der Waals surface area contributed by atoms with Crippen LogP contribution in [-0.2, 0) is 11.2 Å². The summed E-state index contributed by atoms with van der Waals surface area (Å²) in [5, 5.41) is 19.1. The molecule has 4 nitrogen and oxygen atoms in total. The number of ether oxygens (including phenoxy) is 1. The van der Waals surface area contributed by atoms with Crippen LogP contribution >= 0.6 is 11.6 Å². The maximum absolute atomic E-state index is 11.0. The van der Waals surface area contributed by atoms with Crippen molar-refractivity contribution in [1.29, 1.82) is 5.26 Å². The van der Waals surface area contributed by atoms with E-state index in [4.69, 9.17) is 21.4 Å². The first-order valence-corrected chi connectivity index (χ1v) is 6.97. The van der Waals surface area contributed by atoms with E-state index in [1.54, 1.807) is 30.3 Å². The number of nitrogens with zero attached hydrogens (tertiary/aromatic N) is 1. The second-order valence-corrected chi connectivity index (χ2v) is 5.15. The molecule has 22 heavy (non-hydrogen) atoms. The SMILES string of the molecule is COc1ccccc1C(C#N)c1cc(Cl)ccc1CC(=O)O. The molecule has 0 aromatic heterocycles. The maximum atomic E-state index is 11.0. The van der Waals surface area contributed by atoms with Crippen molar-refractivity contribution in [2.45, 2.75) is 12.3 Å². The third-order valence-corrected chi connectivity index (χ3v) is 3.57. The molecule has 1 atom stereocenters. The van der Waals surface area contributed by atoms with Crippen LogP contribution in [0.1, 0.15) is 22.6 Å². The summed E-state index contributed by atoms with van der Waals surface area (Å²) in [6.07, 6.45) is -0.167. The zero-order valence-corrected chi connectivity index (χ0v) is 12.7. The lowest BCUT2D eigenvalue weighted by Gasteiger charge is -2.17. The molecule has 0 heterocycles. The van der Waals surface area contributed by atoms with Gasteiger partial charge in [-0.05, 0) is 29.3 Å². The third-order valence-electron chi connectivity index (χ3n) is 3.34. The molecule has 2 rings (SSSR count). The Balaban J connectivity index is 2.58. The van der Waals surface area contributed by atoms with E-state index in [-0.39, 0.29) is 6.42 Å². The van der Waals surface area contributed by atoms with Crippen molar-refractivity contribution in [2.75, 3.05) is 7.11 Å². The topological polar surface area (TPSA) is 70.3 Å². The van der Waals surface area contributed by atoms with Crippen molar-refractivity contribution < 1.29 is 14.6 Å². The van der Waals surface area contributed by atoms with E-state index in [9.17, 15) is 10.1 Å². The highest BCUT2D eigenvalue weighted by Gasteiger charge is 2.21. The lowest BCUT2D eigenvalue weighted by Crippen LogP contribution is -2.08. The van der Waals surface area contributed by atoms with Gasteiger partial charge in [0.15, 0.2) is 0 Å². The highest BCUT2D eigenvalue weighted by atomic mass is 35.5. The Kier molecular flexibility index (Phi) is 5.03. The fraction of sp³-hybridized carbons (Fsp3) is 0.176. The van der Waals surface area contributed by atoms with Crippen molar-refractivity contribution >= 4 is 17.6 Å². The van der Waals surface area contributed by atoms with Crippen LogP contribution in [0.5, 0.6) is 5.75 Å². The number of para-hydroxylation sites is 1. The Morgan fingerprint density at radius 3 is 2.68 bits per heavy atom. The molecule has 0 saturated carbocycles. The average molecular weight is 316 g/mol. The molecule has 2 aromatic carbocycles. The van der Waals surface area contributed by atoms with Gasteiger partial charge in [0.05, 0.1) is 19.6 Å². The lowest BCUT2D eigenvalue weighted by atomic mass is 9.87. The fourth-order valence-corrected chi connectivity index (χ4v) is 2.55. The summed E-state index contributed by atoms with van der Waals surface area (Å²) >= 11 is 6.03. The van der Waals surface area contributed by atoms with Crippen molar-refractivity contribution in [2.24, 2.45) is 0 Å². The fourth-order valence-electron chi connectivity index (χ4n) is 2.37. The van der Waals surface area contributed by atoms with Crippen LogP contribution in [0.4, 0.5) is 0 Å². The number of carboxylic acids is 1. The van der Waals surface area contributed by atoms with Gasteiger partial charge in [0.25, 0.3) is 0 Å². The third kappa shape index (κ3) is 3.38. The summed E-state index contributed by atoms with van der Waals surface area (Å²) in [5.74, 6) is -1.03. The van der Waals surface area contributed by atoms with Gasteiger partial charge in [0, 0.05) is 10.6 Å². The minimum absolute atomic E-state index is 0.167. The number of rotatable bonds is 5. The zero-order chi connectivity index (χ0) is 16.1. The number of halogens is 1. The van der Waals surface area contributed by atoms with E-state index in [2.05, 4.69) is 6.07 Å². The van der Waals surface area contributed by atoms with Crippen molar-refractivity contribution in [3.8, 4) is 11.8 Å². The Morgan fingerprint density at radius 1 is 1.32 bits per heavy atom. The predicted molar refractivity (Wildman–Crippen MR) is 83.2 cm³/mol. The van der Waals surface area contributed by atoms with Crippen molar-refractivity contribution in [3.05, 3.63) is 64.2 Å².